The number of hydrogen-bond donors (Lipinski definition) is 7. The molecule has 2 aliphatic carbocycles. The molecule has 20 nitrogen and oxygen atoms in total. The van der Waals surface area contributed by atoms with Gasteiger partial charge in [0.1, 0.15) is 5.39 Å². The third-order valence-corrected chi connectivity index (χ3v) is 14.1. The summed E-state index contributed by atoms with van der Waals surface area (Å²) in [5, 5.41) is 29.0. The van der Waals surface area contributed by atoms with E-state index in [0.717, 1.165) is 34.3 Å². The van der Waals surface area contributed by atoms with Crippen LogP contribution in [0.1, 0.15) is 107 Å². The van der Waals surface area contributed by atoms with Crippen molar-refractivity contribution in [3.8, 4) is 0 Å². The molecule has 9 N–H and O–H groups in total. The van der Waals surface area contributed by atoms with Gasteiger partial charge in [0.15, 0.2) is 5.78 Å². The maximum absolute atomic E-state index is 14.0. The quantitative estimate of drug-likeness (QED) is 0.0208. The monoisotopic (exact) mass is 1120 g/mol. The average molecular weight is 1130 g/mol. The topological polar surface area (TPSA) is 291 Å². The van der Waals surface area contributed by atoms with Crippen LogP contribution >= 0.6 is 0 Å². The van der Waals surface area contributed by atoms with E-state index in [4.69, 9.17) is 20.0 Å². The highest BCUT2D eigenvalue weighted by Crippen LogP contribution is 2.39. The van der Waals surface area contributed by atoms with Gasteiger partial charge in [-0.2, -0.15) is 8.42 Å². The zero-order chi connectivity index (χ0) is 50.8. The molecule has 22 heteroatoms. The Morgan fingerprint density at radius 3 is 2.42 bits per heavy atom. The van der Waals surface area contributed by atoms with Gasteiger partial charge in [-0.05, 0) is 85.8 Å². The van der Waals surface area contributed by atoms with Crippen molar-refractivity contribution in [3.05, 3.63) is 96.0 Å². The fraction of sp³-hybridized carbons (Fsp3) is 0.480. The van der Waals surface area contributed by atoms with E-state index < -0.39 is 46.2 Å². The number of aliphatic hydroxyl groups excluding tert-OH is 1. The number of primary amides is 1. The summed E-state index contributed by atoms with van der Waals surface area (Å²) in [5.74, 6) is -2.54. The Hall–Kier alpha value is -5.82. The first-order valence-corrected chi connectivity index (χ1v) is 25.8. The number of hydrogen-bond acceptors (Lipinski definition) is 12. The number of imide groups is 1. The van der Waals surface area contributed by atoms with E-state index in [1.54, 1.807) is 18.5 Å². The minimum absolute atomic E-state index is 0. The Balaban J connectivity index is 0.00000847. The van der Waals surface area contributed by atoms with Gasteiger partial charge in [0, 0.05) is 62.0 Å². The predicted molar refractivity (Wildman–Crippen MR) is 263 cm³/mol. The molecule has 1 fully saturated rings. The van der Waals surface area contributed by atoms with E-state index >= 15 is 0 Å². The molecule has 4 aromatic rings. The van der Waals surface area contributed by atoms with Gasteiger partial charge in [-0.1, -0.05) is 61.7 Å². The molecule has 3 aliphatic rings. The summed E-state index contributed by atoms with van der Waals surface area (Å²) in [6, 6.07) is 16.0. The number of nitrogens with two attached hydrogens (primary N) is 2. The van der Waals surface area contributed by atoms with Crippen LogP contribution in [-0.2, 0) is 51.4 Å². The summed E-state index contributed by atoms with van der Waals surface area (Å²) in [6.45, 7) is 4.25. The molecule has 0 radical (unpaired) electrons. The number of nitrogens with zero attached hydrogens (tertiary/aromatic N) is 4. The maximum Gasteiger partial charge on any atom is 0.333 e. The van der Waals surface area contributed by atoms with Gasteiger partial charge in [0.2, 0.25) is 29.6 Å². The molecule has 0 unspecified atom stereocenters. The molecule has 0 bridgehead atoms. The summed E-state index contributed by atoms with van der Waals surface area (Å²) >= 11 is 0. The first-order valence-electron chi connectivity index (χ1n) is 24.3. The van der Waals surface area contributed by atoms with Crippen LogP contribution in [0.5, 0.6) is 0 Å². The number of urea groups is 1. The summed E-state index contributed by atoms with van der Waals surface area (Å²) in [4.78, 5) is 81.9. The number of rotatable bonds is 25. The molecule has 7 rings (SSSR count). The first kappa shape index (κ1) is 55.5. The van der Waals surface area contributed by atoms with Crippen molar-refractivity contribution in [1.29, 1.82) is 0 Å². The zero-order valence-electron chi connectivity index (χ0n) is 40.5. The van der Waals surface area contributed by atoms with Crippen molar-refractivity contribution >= 4 is 68.3 Å². The number of aromatic nitrogens is 3. The molecule has 2 aromatic carbocycles. The number of nitrogens with one attached hydrogen (secondary N) is 4. The largest absolute Gasteiger partial charge is 1.00 e. The van der Waals surface area contributed by atoms with Crippen LogP contribution in [0.3, 0.4) is 0 Å². The van der Waals surface area contributed by atoms with Crippen molar-refractivity contribution in [2.45, 2.75) is 115 Å². The Bertz CT molecular complexity index is 2730. The van der Waals surface area contributed by atoms with Gasteiger partial charge in [0.25, 0.3) is 11.8 Å². The molecule has 2 aromatic heterocycles. The highest BCUT2D eigenvalue weighted by molar-refractivity contribution is 7.84. The summed E-state index contributed by atoms with van der Waals surface area (Å²) in [7, 11) is -4.18. The maximum atomic E-state index is 14.0. The third kappa shape index (κ3) is 14.7. The van der Waals surface area contributed by atoms with Crippen molar-refractivity contribution < 1.29 is 75.0 Å². The number of benzene rings is 2. The minimum Gasteiger partial charge on any atom is -1.00 e. The van der Waals surface area contributed by atoms with Crippen LogP contribution in [0, 0.1) is 17.8 Å². The van der Waals surface area contributed by atoms with Gasteiger partial charge in [-0.25, -0.2) is 14.5 Å². The number of carbonyl (C=O) groups excluding carboxylic acids is 6. The molecule has 1 saturated carbocycles. The Morgan fingerprint density at radius 1 is 0.972 bits per heavy atom. The number of carbonyl (C=O) groups is 6. The number of fused-ring (bicyclic) bond motifs is 2. The van der Waals surface area contributed by atoms with E-state index in [-0.39, 0.29) is 104 Å². The van der Waals surface area contributed by atoms with E-state index in [1.165, 1.54) is 23.3 Å². The number of amides is 6. The van der Waals surface area contributed by atoms with Gasteiger partial charge >= 0.3 is 16.3 Å². The van der Waals surface area contributed by atoms with Gasteiger partial charge in [-0.3, -0.25) is 37.6 Å². The number of Topliss-reactive ketones (excluding diaryl/α,β-unsaturated/α-hetero) is 1. The zero-order valence-corrected chi connectivity index (χ0v) is 43.5. The lowest BCUT2D eigenvalue weighted by Crippen LogP contribution is -3.00. The molecule has 6 atom stereocenters. The fourth-order valence-electron chi connectivity index (χ4n) is 9.88. The number of halogens is 1. The second-order valence-corrected chi connectivity index (χ2v) is 20.3. The number of aryl methyl sites for hydroxylation is 1. The second-order valence-electron chi connectivity index (χ2n) is 19.1. The Labute approximate surface area is 436 Å². The number of aliphatic hydroxyl groups is 1. The lowest BCUT2D eigenvalue weighted by molar-refractivity contribution is -0.668. The predicted octanol–water partition coefficient (Wildman–Crippen LogP) is 0.596. The first-order chi connectivity index (χ1) is 33.9. The summed E-state index contributed by atoms with van der Waals surface area (Å²) in [6.07, 6.45) is 10.3. The highest BCUT2D eigenvalue weighted by atomic mass is 127. The molecule has 0 spiro atoms. The summed E-state index contributed by atoms with van der Waals surface area (Å²) < 4.78 is 32.2. The van der Waals surface area contributed by atoms with Crippen LogP contribution in [0.2, 0.25) is 0 Å². The van der Waals surface area contributed by atoms with Crippen molar-refractivity contribution in [2.24, 2.45) is 28.6 Å². The molecule has 3 heterocycles. The van der Waals surface area contributed by atoms with Gasteiger partial charge < -0.3 is 56.1 Å². The molecule has 72 heavy (non-hydrogen) atoms. The molecular weight excluding hydrogens is 1060 g/mol. The number of unbranched alkanes of at least 4 members (excludes halogenated alkanes) is 2. The van der Waals surface area contributed by atoms with E-state index in [9.17, 15) is 42.3 Å². The van der Waals surface area contributed by atoms with Gasteiger partial charge in [0.05, 0.1) is 43.6 Å². The van der Waals surface area contributed by atoms with Crippen molar-refractivity contribution in [3.63, 3.8) is 0 Å². The Morgan fingerprint density at radius 2 is 1.71 bits per heavy atom. The molecule has 1 aliphatic heterocycles. The average Bonchev–Trinajstić information content (AvgIpc) is 4.12. The number of ketones is 1. The highest BCUT2D eigenvalue weighted by Gasteiger charge is 2.38. The molecule has 388 valence electrons. The van der Waals surface area contributed by atoms with Crippen LogP contribution in [0.25, 0.3) is 11.0 Å². The van der Waals surface area contributed by atoms with Crippen LogP contribution in [0.4, 0.5) is 16.3 Å². The lowest BCUT2D eigenvalue weighted by Gasteiger charge is -2.24. The fourth-order valence-corrected chi connectivity index (χ4v) is 10.2. The standard InChI is InChI=1S/C50H64N10O10S.HI/c1-31(2)46(57-43(63)12-4-3-7-23-60-44(64)19-20-45(60)65)42(62)26-34(10-8-22-53-50(51)67)48(66)55-36-16-13-32(14-17-36)28-58-30-54-47(56-40-18-15-33-9-5-6-11-38(33)40)39-21-24-59(49(39)58)37-25-35(41(61)27-37)29-70-71(52,68)69;/h5-6,9,11,13-14,16-17,19-21,24,30-31,34-35,37,40-41,46,61H,3-4,7-8,10,12,15,18,22-23,25-29H2,1-2H3,(H7,51,52,53,55,57,63,66,67,68,69);1H/t34-,35-,37+,40-,41-,46+;/m0./s1. The molecular formula is C50H65IN10O10S. The van der Waals surface area contributed by atoms with Crippen LogP contribution in [-0.4, -0.2) is 95.3 Å². The van der Waals surface area contributed by atoms with Crippen LogP contribution < -0.4 is 60.7 Å². The van der Waals surface area contributed by atoms with Crippen molar-refractivity contribution in [2.75, 3.05) is 30.3 Å². The van der Waals surface area contributed by atoms with Crippen LogP contribution in [0.15, 0.2) is 79.3 Å². The van der Waals surface area contributed by atoms with Gasteiger partial charge in [-0.15, -0.1) is 0 Å². The smallest absolute Gasteiger partial charge is 0.333 e. The SMILES string of the molecule is CC(C)[C@@H](NC(=O)CCCCCN1C(=O)C=CC1=O)C(=O)C[C@H](CCCNC(N)=O)C(=O)Nc1ccc(C[n+]2cnc(N[C@H]3CCc4ccccc43)c3ccn([C@@H]4C[C@@H](COS(N)(=O)=O)[C@@H](O)C4)c32)cc1.[I-]. The van der Waals surface area contributed by atoms with E-state index in [1.807, 2.05) is 54.9 Å². The molecule has 6 amide bonds. The minimum atomic E-state index is -4.18. The lowest BCUT2D eigenvalue weighted by atomic mass is 9.89. The Kier molecular flexibility index (Phi) is 19.4. The van der Waals surface area contributed by atoms with E-state index in [2.05, 4.69) is 38.0 Å². The normalized spacial score (nSPS) is 19.3. The summed E-state index contributed by atoms with van der Waals surface area (Å²) in [5.41, 5.74) is 10.0. The van der Waals surface area contributed by atoms with Crippen molar-refractivity contribution in [1.82, 2.24) is 25.1 Å². The number of anilines is 2. The molecule has 0 saturated heterocycles. The van der Waals surface area contributed by atoms with E-state index in [0.29, 0.717) is 56.6 Å². The third-order valence-electron chi connectivity index (χ3n) is 13.6. The second kappa shape index (κ2) is 25.2.